The number of allylic oxidation sites excluding steroid dienone is 8. The van der Waals surface area contributed by atoms with Crippen LogP contribution in [0.5, 0.6) is 0 Å². The van der Waals surface area contributed by atoms with Crippen LogP contribution in [0.15, 0.2) is 200 Å². The van der Waals surface area contributed by atoms with Gasteiger partial charge in [0.1, 0.15) is 0 Å². The Bertz CT molecular complexity index is 3310. The molecule has 0 aromatic heterocycles. The molecule has 0 aliphatic heterocycles. The molecule has 4 aliphatic rings. The van der Waals surface area contributed by atoms with Gasteiger partial charge in [-0.2, -0.15) is 0 Å². The summed E-state index contributed by atoms with van der Waals surface area (Å²) in [5, 5.41) is 5.00. The summed E-state index contributed by atoms with van der Waals surface area (Å²) < 4.78 is 0. The maximum Gasteiger partial charge on any atom is 0.0546 e. The van der Waals surface area contributed by atoms with Crippen LogP contribution in [0.25, 0.3) is 54.9 Å². The van der Waals surface area contributed by atoms with Gasteiger partial charge in [0, 0.05) is 33.5 Å². The maximum absolute atomic E-state index is 2.50. The Kier molecular flexibility index (Phi) is 8.04. The average Bonchev–Trinajstić information content (AvgIpc) is 3.68. The van der Waals surface area contributed by atoms with Gasteiger partial charge in [-0.1, -0.05) is 198 Å². The molecule has 8 aromatic rings. The number of hydrogen-bond donors (Lipinski definition) is 0. The van der Waals surface area contributed by atoms with E-state index >= 15 is 0 Å². The van der Waals surface area contributed by atoms with Crippen LogP contribution in [0.2, 0.25) is 0 Å². The zero-order valence-corrected chi connectivity index (χ0v) is 36.1. The minimum Gasteiger partial charge on any atom is -0.310 e. The SMILES string of the molecule is CC1C=CC=C2C(c3cccc4c3-c3ccccc3C4(C)C)=C(c3ccc(N(c4ccc5c(c4)C(C)(C)c4ccccc4-5)c4cc5ccccc5c5ccccc45)cc3)C=CC21. The summed E-state index contributed by atoms with van der Waals surface area (Å²) >= 11 is 0. The van der Waals surface area contributed by atoms with Gasteiger partial charge in [0.05, 0.1) is 5.69 Å². The average molecular weight is 796 g/mol. The summed E-state index contributed by atoms with van der Waals surface area (Å²) in [4.78, 5) is 2.50. The Balaban J connectivity index is 1.07. The predicted molar refractivity (Wildman–Crippen MR) is 264 cm³/mol. The van der Waals surface area contributed by atoms with Gasteiger partial charge in [-0.3, -0.25) is 0 Å². The molecule has 1 heteroatoms. The van der Waals surface area contributed by atoms with E-state index in [1.54, 1.807) is 0 Å². The first kappa shape index (κ1) is 36.9. The Morgan fingerprint density at radius 1 is 0.484 bits per heavy atom. The number of anilines is 3. The molecule has 0 N–H and O–H groups in total. The molecule has 298 valence electrons. The lowest BCUT2D eigenvalue weighted by Gasteiger charge is -2.33. The van der Waals surface area contributed by atoms with Gasteiger partial charge in [0.15, 0.2) is 0 Å². The van der Waals surface area contributed by atoms with E-state index < -0.39 is 0 Å². The summed E-state index contributed by atoms with van der Waals surface area (Å²) in [6.07, 6.45) is 11.9. The monoisotopic (exact) mass is 795 g/mol. The van der Waals surface area contributed by atoms with Crippen molar-refractivity contribution in [3.05, 3.63) is 233 Å². The third-order valence-electron chi connectivity index (χ3n) is 14.8. The van der Waals surface area contributed by atoms with Crippen molar-refractivity contribution in [1.29, 1.82) is 0 Å². The van der Waals surface area contributed by atoms with Crippen LogP contribution >= 0.6 is 0 Å². The Hall–Kier alpha value is -6.96. The van der Waals surface area contributed by atoms with Gasteiger partial charge in [-0.15, -0.1) is 0 Å². The quantitative estimate of drug-likeness (QED) is 0.157. The number of nitrogens with zero attached hydrogens (tertiary/aromatic N) is 1. The Morgan fingerprint density at radius 3 is 1.90 bits per heavy atom. The maximum atomic E-state index is 2.50. The van der Waals surface area contributed by atoms with E-state index in [-0.39, 0.29) is 10.8 Å². The molecule has 8 aromatic carbocycles. The molecule has 0 bridgehead atoms. The van der Waals surface area contributed by atoms with Crippen molar-refractivity contribution in [2.24, 2.45) is 11.8 Å². The van der Waals surface area contributed by atoms with Gasteiger partial charge in [0.25, 0.3) is 0 Å². The molecule has 0 saturated heterocycles. The first-order valence-electron chi connectivity index (χ1n) is 22.3. The van der Waals surface area contributed by atoms with Crippen molar-refractivity contribution < 1.29 is 0 Å². The van der Waals surface area contributed by atoms with Gasteiger partial charge >= 0.3 is 0 Å². The van der Waals surface area contributed by atoms with Crippen molar-refractivity contribution in [3.63, 3.8) is 0 Å². The van der Waals surface area contributed by atoms with E-state index in [1.165, 1.54) is 99.6 Å². The third-order valence-corrected chi connectivity index (χ3v) is 14.8. The van der Waals surface area contributed by atoms with E-state index in [0.29, 0.717) is 11.8 Å². The van der Waals surface area contributed by atoms with Crippen molar-refractivity contribution in [2.75, 3.05) is 4.90 Å². The van der Waals surface area contributed by atoms with Crippen LogP contribution in [0.1, 0.15) is 68.0 Å². The highest BCUT2D eigenvalue weighted by atomic mass is 15.1. The molecule has 0 saturated carbocycles. The first-order chi connectivity index (χ1) is 30.2. The lowest BCUT2D eigenvalue weighted by molar-refractivity contribution is 0.586. The number of hydrogen-bond acceptors (Lipinski definition) is 1. The van der Waals surface area contributed by atoms with E-state index in [9.17, 15) is 0 Å². The molecule has 12 rings (SSSR count). The summed E-state index contributed by atoms with van der Waals surface area (Å²) in [6, 6.07) is 61.7. The second kappa shape index (κ2) is 13.5. The van der Waals surface area contributed by atoms with Crippen LogP contribution in [0.3, 0.4) is 0 Å². The van der Waals surface area contributed by atoms with E-state index in [4.69, 9.17) is 0 Å². The third kappa shape index (κ3) is 5.27. The highest BCUT2D eigenvalue weighted by Crippen LogP contribution is 2.55. The molecule has 0 heterocycles. The zero-order chi connectivity index (χ0) is 41.9. The van der Waals surface area contributed by atoms with E-state index in [1.807, 2.05) is 0 Å². The lowest BCUT2D eigenvalue weighted by Crippen LogP contribution is -2.18. The molecule has 0 spiro atoms. The Labute approximate surface area is 365 Å². The molecule has 4 aliphatic carbocycles. The first-order valence-corrected chi connectivity index (χ1v) is 22.3. The van der Waals surface area contributed by atoms with Gasteiger partial charge < -0.3 is 4.90 Å². The highest BCUT2D eigenvalue weighted by molar-refractivity contribution is 6.15. The smallest absolute Gasteiger partial charge is 0.0546 e. The van der Waals surface area contributed by atoms with E-state index in [0.717, 1.165) is 11.4 Å². The van der Waals surface area contributed by atoms with Crippen molar-refractivity contribution in [1.82, 2.24) is 0 Å². The molecule has 0 amide bonds. The summed E-state index contributed by atoms with van der Waals surface area (Å²) in [7, 11) is 0. The van der Waals surface area contributed by atoms with Crippen molar-refractivity contribution >= 4 is 49.8 Å². The highest BCUT2D eigenvalue weighted by Gasteiger charge is 2.39. The molecular formula is C61H49N. The molecule has 0 fully saturated rings. The fraction of sp³-hybridized carbons (Fsp3) is 0.148. The van der Waals surface area contributed by atoms with Gasteiger partial charge in [-0.05, 0) is 125 Å². The molecular weight excluding hydrogens is 747 g/mol. The predicted octanol–water partition coefficient (Wildman–Crippen LogP) is 16.3. The molecule has 2 atom stereocenters. The molecule has 0 radical (unpaired) electrons. The summed E-state index contributed by atoms with van der Waals surface area (Å²) in [5.74, 6) is 0.742. The minimum atomic E-state index is -0.120. The van der Waals surface area contributed by atoms with Gasteiger partial charge in [-0.25, -0.2) is 0 Å². The fourth-order valence-electron chi connectivity index (χ4n) is 11.6. The number of benzene rings is 8. The Morgan fingerprint density at radius 2 is 1.10 bits per heavy atom. The summed E-state index contributed by atoms with van der Waals surface area (Å²) in [6.45, 7) is 11.9. The zero-order valence-electron chi connectivity index (χ0n) is 36.1. The van der Waals surface area contributed by atoms with Crippen LogP contribution in [-0.4, -0.2) is 0 Å². The normalized spacial score (nSPS) is 18.6. The summed E-state index contributed by atoms with van der Waals surface area (Å²) in [5.41, 5.74) is 20.8. The largest absolute Gasteiger partial charge is 0.310 e. The van der Waals surface area contributed by atoms with Crippen LogP contribution in [0, 0.1) is 11.8 Å². The van der Waals surface area contributed by atoms with Crippen LogP contribution in [0.4, 0.5) is 17.1 Å². The fourth-order valence-corrected chi connectivity index (χ4v) is 11.6. The molecule has 2 unspecified atom stereocenters. The van der Waals surface area contributed by atoms with Crippen LogP contribution < -0.4 is 4.90 Å². The van der Waals surface area contributed by atoms with Crippen molar-refractivity contribution in [3.8, 4) is 22.3 Å². The minimum absolute atomic E-state index is 0.0751. The number of rotatable bonds is 5. The topological polar surface area (TPSA) is 3.24 Å². The lowest BCUT2D eigenvalue weighted by atomic mass is 9.71. The van der Waals surface area contributed by atoms with Gasteiger partial charge in [0.2, 0.25) is 0 Å². The standard InChI is InChI=1S/C61H49N/c1-38-16-14-23-50-43(38)34-35-45(58(50)52-24-15-27-55-59(52)51-22-11-13-26-54(51)60(55,2)3)39-28-30-41(31-29-39)62(57-36-40-17-6-7-18-44(40)46-19-8-9-21-49(46)57)42-32-33-48-47-20-10-12-25-53(47)61(4,5)56(48)37-42/h6-38,43H,1-5H3. The second-order valence-corrected chi connectivity index (χ2v) is 18.9. The second-order valence-electron chi connectivity index (χ2n) is 18.9. The molecule has 1 nitrogen and oxygen atoms in total. The number of fused-ring (bicyclic) bond motifs is 10. The van der Waals surface area contributed by atoms with Crippen molar-refractivity contribution in [2.45, 2.75) is 45.4 Å². The molecule has 62 heavy (non-hydrogen) atoms. The van der Waals surface area contributed by atoms with E-state index in [2.05, 4.69) is 234 Å². The van der Waals surface area contributed by atoms with Crippen LogP contribution in [-0.2, 0) is 10.8 Å².